The van der Waals surface area contributed by atoms with Crippen LogP contribution in [-0.4, -0.2) is 51.4 Å². The number of rotatable bonds is 7. The molecular weight excluding hydrogens is 396 g/mol. The third-order valence-electron chi connectivity index (χ3n) is 3.94. The van der Waals surface area contributed by atoms with Gasteiger partial charge in [-0.15, -0.1) is 11.8 Å². The van der Waals surface area contributed by atoms with Gasteiger partial charge in [0.15, 0.2) is 0 Å². The minimum atomic E-state index is -3.53. The van der Waals surface area contributed by atoms with Crippen molar-refractivity contribution in [1.29, 1.82) is 0 Å². The third-order valence-corrected chi connectivity index (χ3v) is 6.86. The predicted molar refractivity (Wildman–Crippen MR) is 98.6 cm³/mol. The van der Waals surface area contributed by atoms with Crippen molar-refractivity contribution in [3.63, 3.8) is 0 Å². The van der Waals surface area contributed by atoms with Gasteiger partial charge >= 0.3 is 0 Å². The molecule has 3 rings (SSSR count). The average Bonchev–Trinajstić information content (AvgIpc) is 2.68. The maximum absolute atomic E-state index is 13.5. The van der Waals surface area contributed by atoms with E-state index < -0.39 is 21.7 Å². The molecule has 1 saturated heterocycles. The first-order valence-electron chi connectivity index (χ1n) is 8.35. The van der Waals surface area contributed by atoms with Crippen LogP contribution in [-0.2, 0) is 14.8 Å². The van der Waals surface area contributed by atoms with E-state index >= 15 is 0 Å². The molecule has 0 spiro atoms. The highest BCUT2D eigenvalue weighted by Crippen LogP contribution is 2.23. The van der Waals surface area contributed by atoms with Gasteiger partial charge in [-0.3, -0.25) is 0 Å². The highest BCUT2D eigenvalue weighted by atomic mass is 32.2. The maximum atomic E-state index is 13.5. The van der Waals surface area contributed by atoms with E-state index in [0.29, 0.717) is 49.3 Å². The van der Waals surface area contributed by atoms with Crippen LogP contribution in [0.2, 0.25) is 0 Å². The van der Waals surface area contributed by atoms with Gasteiger partial charge in [0.25, 0.3) is 0 Å². The minimum absolute atomic E-state index is 0.208. The summed E-state index contributed by atoms with van der Waals surface area (Å²) in [5.41, 5.74) is 0. The molecule has 0 bridgehead atoms. The van der Waals surface area contributed by atoms with E-state index in [1.807, 2.05) is 0 Å². The Labute approximate surface area is 161 Å². The van der Waals surface area contributed by atoms with Gasteiger partial charge in [0.05, 0.1) is 24.7 Å². The number of sulfonamides is 1. The van der Waals surface area contributed by atoms with Crippen LogP contribution in [0.3, 0.4) is 0 Å². The molecule has 0 atom stereocenters. The Morgan fingerprint density at radius 1 is 1.07 bits per heavy atom. The van der Waals surface area contributed by atoms with Crippen LogP contribution in [0.5, 0.6) is 5.75 Å². The molecule has 0 unspecified atom stereocenters. The van der Waals surface area contributed by atoms with Crippen molar-refractivity contribution in [3.8, 4) is 5.75 Å². The van der Waals surface area contributed by atoms with Crippen LogP contribution in [0.1, 0.15) is 0 Å². The molecule has 0 N–H and O–H groups in total. The molecule has 1 heterocycles. The largest absolute Gasteiger partial charge is 0.493 e. The van der Waals surface area contributed by atoms with Gasteiger partial charge in [0.2, 0.25) is 10.0 Å². The zero-order valence-corrected chi connectivity index (χ0v) is 16.1. The maximum Gasteiger partial charge on any atom is 0.243 e. The highest BCUT2D eigenvalue weighted by Gasteiger charge is 2.26. The molecule has 1 aliphatic heterocycles. The van der Waals surface area contributed by atoms with Crippen LogP contribution in [0, 0.1) is 11.6 Å². The molecule has 146 valence electrons. The monoisotopic (exact) mass is 415 g/mol. The summed E-state index contributed by atoms with van der Waals surface area (Å²) in [4.78, 5) is 0.562. The lowest BCUT2D eigenvalue weighted by Crippen LogP contribution is -2.40. The first-order valence-corrected chi connectivity index (χ1v) is 10.8. The van der Waals surface area contributed by atoms with E-state index in [2.05, 4.69) is 0 Å². The van der Waals surface area contributed by atoms with Crippen molar-refractivity contribution in [2.75, 3.05) is 38.7 Å². The Morgan fingerprint density at radius 3 is 2.44 bits per heavy atom. The summed E-state index contributed by atoms with van der Waals surface area (Å²) in [7, 11) is -3.53. The summed E-state index contributed by atoms with van der Waals surface area (Å²) < 4.78 is 63.6. The van der Waals surface area contributed by atoms with E-state index in [1.165, 1.54) is 40.3 Å². The number of ether oxygens (including phenoxy) is 2. The van der Waals surface area contributed by atoms with E-state index in [9.17, 15) is 17.2 Å². The second kappa shape index (κ2) is 9.01. The standard InChI is InChI=1S/C18H19F2NO4S2/c19-14-1-6-18(17(20)13-14)26-12-11-25-15-2-4-16(5-3-15)27(22,23)21-7-9-24-10-8-21/h1-6,13H,7-12H2. The Morgan fingerprint density at radius 2 is 1.78 bits per heavy atom. The van der Waals surface area contributed by atoms with Gasteiger partial charge in [-0.2, -0.15) is 4.31 Å². The van der Waals surface area contributed by atoms with Crippen LogP contribution >= 0.6 is 11.8 Å². The quantitative estimate of drug-likeness (QED) is 0.514. The Hall–Kier alpha value is -1.68. The Kier molecular flexibility index (Phi) is 6.69. The Balaban J connectivity index is 1.51. The van der Waals surface area contributed by atoms with E-state index in [1.54, 1.807) is 12.1 Å². The van der Waals surface area contributed by atoms with E-state index in [0.717, 1.165) is 6.07 Å². The fourth-order valence-electron chi connectivity index (χ4n) is 2.55. The number of hydrogen-bond donors (Lipinski definition) is 0. The van der Waals surface area contributed by atoms with Crippen LogP contribution in [0.15, 0.2) is 52.3 Å². The van der Waals surface area contributed by atoms with Gasteiger partial charge in [-0.25, -0.2) is 17.2 Å². The lowest BCUT2D eigenvalue weighted by molar-refractivity contribution is 0.0730. The van der Waals surface area contributed by atoms with Crippen LogP contribution in [0.25, 0.3) is 0 Å². The first-order chi connectivity index (χ1) is 13.0. The summed E-state index contributed by atoms with van der Waals surface area (Å²) in [6.45, 7) is 1.78. The number of nitrogens with zero attached hydrogens (tertiary/aromatic N) is 1. The zero-order valence-electron chi connectivity index (χ0n) is 14.4. The fourth-order valence-corrected chi connectivity index (χ4v) is 4.70. The van der Waals surface area contributed by atoms with Crippen molar-refractivity contribution in [1.82, 2.24) is 4.31 Å². The van der Waals surface area contributed by atoms with Gasteiger partial charge < -0.3 is 9.47 Å². The number of halogens is 2. The van der Waals surface area contributed by atoms with Crippen molar-refractivity contribution >= 4 is 21.8 Å². The van der Waals surface area contributed by atoms with Gasteiger partial charge in [-0.1, -0.05) is 0 Å². The molecular formula is C18H19F2NO4S2. The molecule has 1 fully saturated rings. The van der Waals surface area contributed by atoms with Gasteiger partial charge in [0.1, 0.15) is 17.4 Å². The van der Waals surface area contributed by atoms with Crippen molar-refractivity contribution in [3.05, 3.63) is 54.1 Å². The summed E-state index contributed by atoms with van der Waals surface area (Å²) in [6, 6.07) is 9.64. The first kappa shape index (κ1) is 20.1. The van der Waals surface area contributed by atoms with Gasteiger partial charge in [0, 0.05) is 29.8 Å². The second-order valence-electron chi connectivity index (χ2n) is 5.76. The van der Waals surface area contributed by atoms with Crippen LogP contribution in [0.4, 0.5) is 8.78 Å². The van der Waals surface area contributed by atoms with Gasteiger partial charge in [-0.05, 0) is 36.4 Å². The zero-order chi connectivity index (χ0) is 19.3. The molecule has 0 radical (unpaired) electrons. The topological polar surface area (TPSA) is 55.8 Å². The van der Waals surface area contributed by atoms with Crippen molar-refractivity contribution < 1.29 is 26.7 Å². The smallest absolute Gasteiger partial charge is 0.243 e. The molecule has 0 amide bonds. The molecule has 9 heteroatoms. The molecule has 0 saturated carbocycles. The van der Waals surface area contributed by atoms with Crippen LogP contribution < -0.4 is 4.74 Å². The minimum Gasteiger partial charge on any atom is -0.493 e. The lowest BCUT2D eigenvalue weighted by atomic mass is 10.3. The summed E-state index contributed by atoms with van der Waals surface area (Å²) >= 11 is 1.22. The molecule has 5 nitrogen and oxygen atoms in total. The lowest BCUT2D eigenvalue weighted by Gasteiger charge is -2.26. The third kappa shape index (κ3) is 5.19. The number of hydrogen-bond acceptors (Lipinski definition) is 5. The summed E-state index contributed by atoms with van der Waals surface area (Å²) in [6.07, 6.45) is 0. The molecule has 0 aliphatic carbocycles. The summed E-state index contributed by atoms with van der Waals surface area (Å²) in [5, 5.41) is 0. The van der Waals surface area contributed by atoms with E-state index in [-0.39, 0.29) is 4.90 Å². The Bertz CT molecular complexity index is 869. The van der Waals surface area contributed by atoms with Crippen molar-refractivity contribution in [2.24, 2.45) is 0 Å². The SMILES string of the molecule is O=S(=O)(c1ccc(OCCSc2ccc(F)cc2F)cc1)N1CCOCC1. The molecule has 2 aromatic carbocycles. The predicted octanol–water partition coefficient (Wildman–Crippen LogP) is 3.16. The molecule has 2 aromatic rings. The van der Waals surface area contributed by atoms with E-state index in [4.69, 9.17) is 9.47 Å². The molecule has 0 aromatic heterocycles. The number of benzene rings is 2. The normalized spacial score (nSPS) is 15.6. The summed E-state index contributed by atoms with van der Waals surface area (Å²) in [5.74, 6) is -0.217. The second-order valence-corrected chi connectivity index (χ2v) is 8.83. The number of morpholine rings is 1. The average molecular weight is 415 g/mol. The molecule has 1 aliphatic rings. The highest BCUT2D eigenvalue weighted by molar-refractivity contribution is 7.99. The van der Waals surface area contributed by atoms with Crippen molar-refractivity contribution in [2.45, 2.75) is 9.79 Å². The molecule has 27 heavy (non-hydrogen) atoms. The fraction of sp³-hybridized carbons (Fsp3) is 0.333. The number of thioether (sulfide) groups is 1.